The summed E-state index contributed by atoms with van der Waals surface area (Å²) in [5, 5.41) is 8.99. The Bertz CT molecular complexity index is 870. The molecule has 2 rings (SSSR count). The zero-order chi connectivity index (χ0) is 18.4. The van der Waals surface area contributed by atoms with Crippen molar-refractivity contribution >= 4 is 15.9 Å². The Labute approximate surface area is 148 Å². The van der Waals surface area contributed by atoms with Crippen molar-refractivity contribution in [2.24, 2.45) is 0 Å². The van der Waals surface area contributed by atoms with E-state index in [0.29, 0.717) is 12.1 Å². The van der Waals surface area contributed by atoms with Crippen molar-refractivity contribution < 1.29 is 13.2 Å². The fourth-order valence-corrected chi connectivity index (χ4v) is 3.15. The van der Waals surface area contributed by atoms with Crippen molar-refractivity contribution in [2.45, 2.75) is 11.4 Å². The zero-order valence-corrected chi connectivity index (χ0v) is 14.9. The number of hydrogen-bond donors (Lipinski definition) is 0. The van der Waals surface area contributed by atoms with E-state index in [1.807, 2.05) is 36.4 Å². The van der Waals surface area contributed by atoms with Gasteiger partial charge in [-0.15, -0.1) is 0 Å². The van der Waals surface area contributed by atoms with Gasteiger partial charge in [-0.2, -0.15) is 5.26 Å². The highest BCUT2D eigenvalue weighted by Crippen LogP contribution is 2.16. The Morgan fingerprint density at radius 3 is 2.16 bits per heavy atom. The number of nitrogens with zero attached hydrogens (tertiary/aromatic N) is 3. The van der Waals surface area contributed by atoms with Gasteiger partial charge in [0.1, 0.15) is 6.54 Å². The highest BCUT2D eigenvalue weighted by molar-refractivity contribution is 7.89. The second kappa shape index (κ2) is 7.92. The summed E-state index contributed by atoms with van der Waals surface area (Å²) in [5.74, 6) is -0.320. The molecule has 0 saturated carbocycles. The number of rotatable bonds is 6. The third-order valence-corrected chi connectivity index (χ3v) is 5.47. The summed E-state index contributed by atoms with van der Waals surface area (Å²) >= 11 is 0. The third kappa shape index (κ3) is 4.44. The van der Waals surface area contributed by atoms with Gasteiger partial charge >= 0.3 is 0 Å². The average Bonchev–Trinajstić information content (AvgIpc) is 2.61. The molecule has 0 aliphatic heterocycles. The van der Waals surface area contributed by atoms with E-state index in [-0.39, 0.29) is 17.3 Å². The second-order valence-corrected chi connectivity index (χ2v) is 7.77. The van der Waals surface area contributed by atoms with E-state index in [1.54, 1.807) is 0 Å². The van der Waals surface area contributed by atoms with Crippen LogP contribution in [0.2, 0.25) is 0 Å². The summed E-state index contributed by atoms with van der Waals surface area (Å²) in [4.78, 5) is 14.2. The van der Waals surface area contributed by atoms with Crippen LogP contribution in [0, 0.1) is 11.3 Å². The van der Waals surface area contributed by atoms with Crippen LogP contribution < -0.4 is 0 Å². The molecule has 6 nitrogen and oxygen atoms in total. The standard InChI is InChI=1S/C18H19N3O3S/c1-20(2)25(23,24)17-10-8-16(9-11-17)18(22)21(13-12-19)14-15-6-4-3-5-7-15/h3-11H,13-14H2,1-2H3. The van der Waals surface area contributed by atoms with Crippen molar-refractivity contribution in [3.63, 3.8) is 0 Å². The molecule has 7 heteroatoms. The van der Waals surface area contributed by atoms with Crippen molar-refractivity contribution in [2.75, 3.05) is 20.6 Å². The summed E-state index contributed by atoms with van der Waals surface area (Å²) < 4.78 is 25.3. The first-order valence-corrected chi connectivity index (χ1v) is 9.03. The number of benzene rings is 2. The lowest BCUT2D eigenvalue weighted by molar-refractivity contribution is 0.0765. The van der Waals surface area contributed by atoms with Crippen LogP contribution in [0.1, 0.15) is 15.9 Å². The van der Waals surface area contributed by atoms with E-state index in [0.717, 1.165) is 9.87 Å². The molecule has 0 N–H and O–H groups in total. The van der Waals surface area contributed by atoms with Crippen LogP contribution in [0.3, 0.4) is 0 Å². The molecule has 0 atom stereocenters. The summed E-state index contributed by atoms with van der Waals surface area (Å²) in [6.45, 7) is 0.260. The van der Waals surface area contributed by atoms with Gasteiger partial charge < -0.3 is 4.90 Å². The maximum Gasteiger partial charge on any atom is 0.255 e. The predicted octanol–water partition coefficient (Wildman–Crippen LogP) is 2.10. The molecule has 1 amide bonds. The summed E-state index contributed by atoms with van der Waals surface area (Å²) in [6.07, 6.45) is 0. The topological polar surface area (TPSA) is 81.5 Å². The molecular weight excluding hydrogens is 338 g/mol. The maximum atomic E-state index is 12.6. The minimum atomic E-state index is -3.54. The Morgan fingerprint density at radius 1 is 1.04 bits per heavy atom. The fraction of sp³-hybridized carbons (Fsp3) is 0.222. The molecule has 0 aromatic heterocycles. The average molecular weight is 357 g/mol. The van der Waals surface area contributed by atoms with E-state index in [4.69, 9.17) is 5.26 Å². The quantitative estimate of drug-likeness (QED) is 0.742. The Balaban J connectivity index is 2.23. The minimum absolute atomic E-state index is 0.0501. The van der Waals surface area contributed by atoms with Gasteiger partial charge in [-0.25, -0.2) is 12.7 Å². The molecule has 25 heavy (non-hydrogen) atoms. The van der Waals surface area contributed by atoms with Gasteiger partial charge in [-0.1, -0.05) is 30.3 Å². The third-order valence-electron chi connectivity index (χ3n) is 3.64. The molecule has 2 aromatic rings. The molecule has 0 bridgehead atoms. The van der Waals surface area contributed by atoms with Crippen molar-refractivity contribution in [3.8, 4) is 6.07 Å². The largest absolute Gasteiger partial charge is 0.321 e. The molecule has 0 unspecified atom stereocenters. The van der Waals surface area contributed by atoms with Gasteiger partial charge in [-0.05, 0) is 29.8 Å². The molecule has 0 heterocycles. The van der Waals surface area contributed by atoms with Crippen LogP contribution in [0.4, 0.5) is 0 Å². The second-order valence-electron chi connectivity index (χ2n) is 5.62. The van der Waals surface area contributed by atoms with Gasteiger partial charge in [0.2, 0.25) is 10.0 Å². The van der Waals surface area contributed by atoms with Crippen molar-refractivity contribution in [3.05, 3.63) is 65.7 Å². The fourth-order valence-electron chi connectivity index (χ4n) is 2.25. The Kier molecular flexibility index (Phi) is 5.91. The monoisotopic (exact) mass is 357 g/mol. The number of hydrogen-bond acceptors (Lipinski definition) is 4. The van der Waals surface area contributed by atoms with Gasteiger partial charge in [-0.3, -0.25) is 4.79 Å². The minimum Gasteiger partial charge on any atom is -0.321 e. The summed E-state index contributed by atoms with van der Waals surface area (Å²) in [5.41, 5.74) is 1.25. The molecule has 0 aliphatic carbocycles. The van der Waals surface area contributed by atoms with Crippen LogP contribution in [0.25, 0.3) is 0 Å². The van der Waals surface area contributed by atoms with Gasteiger partial charge in [0.15, 0.2) is 0 Å². The lowest BCUT2D eigenvalue weighted by Gasteiger charge is -2.20. The van der Waals surface area contributed by atoms with Gasteiger partial charge in [0.25, 0.3) is 5.91 Å². The van der Waals surface area contributed by atoms with E-state index >= 15 is 0 Å². The van der Waals surface area contributed by atoms with Crippen molar-refractivity contribution in [1.82, 2.24) is 9.21 Å². The molecule has 0 fully saturated rings. The van der Waals surface area contributed by atoms with Crippen LogP contribution >= 0.6 is 0 Å². The van der Waals surface area contributed by atoms with E-state index < -0.39 is 10.0 Å². The molecule has 0 spiro atoms. The van der Waals surface area contributed by atoms with Crippen LogP contribution in [-0.2, 0) is 16.6 Å². The molecular formula is C18H19N3O3S. The van der Waals surface area contributed by atoms with E-state index in [9.17, 15) is 13.2 Å². The molecule has 2 aromatic carbocycles. The summed E-state index contributed by atoms with van der Waals surface area (Å²) in [6, 6.07) is 17.1. The number of sulfonamides is 1. The lowest BCUT2D eigenvalue weighted by atomic mass is 10.1. The highest BCUT2D eigenvalue weighted by atomic mass is 32.2. The highest BCUT2D eigenvalue weighted by Gasteiger charge is 2.20. The maximum absolute atomic E-state index is 12.6. The number of amides is 1. The SMILES string of the molecule is CN(C)S(=O)(=O)c1ccc(C(=O)N(CC#N)Cc2ccccc2)cc1. The Hall–Kier alpha value is -2.69. The van der Waals surface area contributed by atoms with Crippen LogP contribution in [0.15, 0.2) is 59.5 Å². The van der Waals surface area contributed by atoms with E-state index in [2.05, 4.69) is 0 Å². The molecule has 130 valence electrons. The first kappa shape index (κ1) is 18.6. The number of carbonyl (C=O) groups is 1. The Morgan fingerprint density at radius 2 is 1.64 bits per heavy atom. The van der Waals surface area contributed by atoms with Gasteiger partial charge in [0.05, 0.1) is 11.0 Å². The lowest BCUT2D eigenvalue weighted by Crippen LogP contribution is -2.31. The smallest absolute Gasteiger partial charge is 0.255 e. The zero-order valence-electron chi connectivity index (χ0n) is 14.1. The summed E-state index contributed by atoms with van der Waals surface area (Å²) in [7, 11) is -0.648. The normalized spacial score (nSPS) is 11.1. The van der Waals surface area contributed by atoms with Crippen molar-refractivity contribution in [1.29, 1.82) is 5.26 Å². The first-order chi connectivity index (χ1) is 11.9. The molecule has 0 radical (unpaired) electrons. The number of carbonyl (C=O) groups excluding carboxylic acids is 1. The molecule has 0 aliphatic rings. The number of nitriles is 1. The van der Waals surface area contributed by atoms with E-state index in [1.165, 1.54) is 43.3 Å². The van der Waals surface area contributed by atoms with Crippen LogP contribution in [0.5, 0.6) is 0 Å². The van der Waals surface area contributed by atoms with Crippen LogP contribution in [-0.4, -0.2) is 44.2 Å². The first-order valence-electron chi connectivity index (χ1n) is 7.59. The predicted molar refractivity (Wildman–Crippen MR) is 94.1 cm³/mol. The van der Waals surface area contributed by atoms with Gasteiger partial charge in [0, 0.05) is 26.2 Å². The molecule has 0 saturated heterocycles.